The fourth-order valence-electron chi connectivity index (χ4n) is 2.73. The molecule has 0 amide bonds. The Bertz CT molecular complexity index is 314. The molecule has 0 saturated carbocycles. The Balaban J connectivity index is 0.000000690. The first-order chi connectivity index (χ1) is 9.86. The minimum Gasteiger partial charge on any atom is -0.303 e. The Morgan fingerprint density at radius 2 is 1.48 bits per heavy atom. The lowest BCUT2D eigenvalue weighted by atomic mass is 9.94. The molecule has 0 aromatic heterocycles. The van der Waals surface area contributed by atoms with E-state index < -0.39 is 10.1 Å². The largest absolute Gasteiger partial charge is 0.303 e. The normalized spacial score (nSPS) is 17.3. The van der Waals surface area contributed by atoms with Gasteiger partial charge in [0.05, 0.1) is 6.26 Å². The number of rotatable bonds is 8. The highest BCUT2D eigenvalue weighted by Gasteiger charge is 2.16. The maximum absolute atomic E-state index is 9.19. The minimum atomic E-state index is -3.67. The van der Waals surface area contributed by atoms with Gasteiger partial charge in [0.15, 0.2) is 0 Å². The summed E-state index contributed by atoms with van der Waals surface area (Å²) >= 11 is 0. The van der Waals surface area contributed by atoms with Gasteiger partial charge in [0.2, 0.25) is 0 Å². The quantitative estimate of drug-likeness (QED) is 0.543. The molecule has 0 unspecified atom stereocenters. The Morgan fingerprint density at radius 1 is 1.00 bits per heavy atom. The highest BCUT2D eigenvalue weighted by Crippen LogP contribution is 2.20. The average molecular weight is 322 g/mol. The van der Waals surface area contributed by atoms with Crippen molar-refractivity contribution in [2.45, 2.75) is 71.6 Å². The predicted octanol–water partition coefficient (Wildman–Crippen LogP) is 3.97. The van der Waals surface area contributed by atoms with Gasteiger partial charge in [-0.25, -0.2) is 0 Å². The Morgan fingerprint density at radius 3 is 1.95 bits per heavy atom. The molecule has 0 aromatic carbocycles. The Hall–Kier alpha value is -0.130. The molecule has 0 radical (unpaired) electrons. The van der Waals surface area contributed by atoms with Gasteiger partial charge in [-0.15, -0.1) is 0 Å². The van der Waals surface area contributed by atoms with Gasteiger partial charge in [0.1, 0.15) is 0 Å². The molecule has 1 aliphatic heterocycles. The van der Waals surface area contributed by atoms with Crippen LogP contribution in [-0.4, -0.2) is 43.8 Å². The number of hydrogen-bond donors (Lipinski definition) is 1. The van der Waals surface area contributed by atoms with E-state index in [0.717, 1.165) is 5.92 Å². The third kappa shape index (κ3) is 16.1. The van der Waals surface area contributed by atoms with Gasteiger partial charge in [0.25, 0.3) is 10.1 Å². The lowest BCUT2D eigenvalue weighted by Crippen LogP contribution is -2.34. The lowest BCUT2D eigenvalue weighted by molar-refractivity contribution is 0.179. The van der Waals surface area contributed by atoms with E-state index in [1.165, 1.54) is 77.4 Å². The standard InChI is InChI=1S/C15H31N.CH4O3S/c1-3-5-6-7-8-9-12-16-13-10-15(4-2)11-14-16;1-5(2,3)4/h15H,3-14H2,1-2H3;1H3,(H,2,3,4). The van der Waals surface area contributed by atoms with E-state index in [1.54, 1.807) is 0 Å². The molecular weight excluding hydrogens is 286 g/mol. The minimum absolute atomic E-state index is 0.715. The number of piperidine rings is 1. The van der Waals surface area contributed by atoms with E-state index in [9.17, 15) is 8.42 Å². The van der Waals surface area contributed by atoms with Crippen LogP contribution in [0, 0.1) is 5.92 Å². The zero-order valence-electron chi connectivity index (χ0n) is 14.2. The van der Waals surface area contributed by atoms with Crippen molar-refractivity contribution < 1.29 is 13.0 Å². The van der Waals surface area contributed by atoms with Crippen LogP contribution in [0.1, 0.15) is 71.6 Å². The molecular formula is C16H35NO3S. The summed E-state index contributed by atoms with van der Waals surface area (Å²) in [7, 11) is -3.67. The van der Waals surface area contributed by atoms with Crippen LogP contribution in [0.4, 0.5) is 0 Å². The monoisotopic (exact) mass is 321 g/mol. The third-order valence-electron chi connectivity index (χ3n) is 4.11. The van der Waals surface area contributed by atoms with E-state index in [4.69, 9.17) is 4.55 Å². The Kier molecular flexibility index (Phi) is 12.3. The molecule has 4 nitrogen and oxygen atoms in total. The molecule has 1 rings (SSSR count). The van der Waals surface area contributed by atoms with E-state index in [2.05, 4.69) is 18.7 Å². The summed E-state index contributed by atoms with van der Waals surface area (Å²) in [6.07, 6.45) is 13.6. The molecule has 1 saturated heterocycles. The van der Waals surface area contributed by atoms with Crippen LogP contribution < -0.4 is 0 Å². The smallest absolute Gasteiger partial charge is 0.261 e. The highest BCUT2D eigenvalue weighted by atomic mass is 32.2. The third-order valence-corrected chi connectivity index (χ3v) is 4.11. The van der Waals surface area contributed by atoms with Crippen molar-refractivity contribution in [2.75, 3.05) is 25.9 Å². The second kappa shape index (κ2) is 12.4. The zero-order valence-corrected chi connectivity index (χ0v) is 15.0. The van der Waals surface area contributed by atoms with Crippen molar-refractivity contribution in [3.63, 3.8) is 0 Å². The Labute approximate surface area is 132 Å². The summed E-state index contributed by atoms with van der Waals surface area (Å²) in [5, 5.41) is 0. The predicted molar refractivity (Wildman–Crippen MR) is 90.3 cm³/mol. The zero-order chi connectivity index (χ0) is 16.1. The van der Waals surface area contributed by atoms with Crippen molar-refractivity contribution in [3.05, 3.63) is 0 Å². The van der Waals surface area contributed by atoms with Crippen molar-refractivity contribution in [1.82, 2.24) is 4.90 Å². The summed E-state index contributed by atoms with van der Waals surface area (Å²) in [4.78, 5) is 2.69. The molecule has 1 heterocycles. The maximum atomic E-state index is 9.19. The SMILES string of the molecule is CCCCCCCCN1CCC(CC)CC1.CS(=O)(=O)O. The first kappa shape index (κ1) is 20.9. The number of unbranched alkanes of at least 4 members (excludes halogenated alkanes) is 5. The van der Waals surface area contributed by atoms with Crippen molar-refractivity contribution in [3.8, 4) is 0 Å². The van der Waals surface area contributed by atoms with Gasteiger partial charge < -0.3 is 4.90 Å². The van der Waals surface area contributed by atoms with Crippen LogP contribution in [0.5, 0.6) is 0 Å². The molecule has 0 spiro atoms. The van der Waals surface area contributed by atoms with Crippen molar-refractivity contribution in [1.29, 1.82) is 0 Å². The first-order valence-electron chi connectivity index (χ1n) is 8.51. The fraction of sp³-hybridized carbons (Fsp3) is 1.00. The summed E-state index contributed by atoms with van der Waals surface area (Å²) < 4.78 is 25.9. The van der Waals surface area contributed by atoms with E-state index in [-0.39, 0.29) is 0 Å². The summed E-state index contributed by atoms with van der Waals surface area (Å²) in [5.41, 5.74) is 0. The molecule has 128 valence electrons. The van der Waals surface area contributed by atoms with E-state index >= 15 is 0 Å². The van der Waals surface area contributed by atoms with Crippen LogP contribution in [0.3, 0.4) is 0 Å². The summed E-state index contributed by atoms with van der Waals surface area (Å²) in [6.45, 7) is 8.73. The summed E-state index contributed by atoms with van der Waals surface area (Å²) in [6, 6.07) is 0. The van der Waals surface area contributed by atoms with E-state index in [1.807, 2.05) is 0 Å². The van der Waals surface area contributed by atoms with E-state index in [0.29, 0.717) is 6.26 Å². The van der Waals surface area contributed by atoms with Gasteiger partial charge >= 0.3 is 0 Å². The number of nitrogens with zero attached hydrogens (tertiary/aromatic N) is 1. The molecule has 0 aliphatic carbocycles. The second-order valence-electron chi connectivity index (χ2n) is 6.19. The highest BCUT2D eigenvalue weighted by molar-refractivity contribution is 7.85. The maximum Gasteiger partial charge on any atom is 0.261 e. The van der Waals surface area contributed by atoms with Gasteiger partial charge in [0, 0.05) is 0 Å². The molecule has 0 atom stereocenters. The average Bonchev–Trinajstić information content (AvgIpc) is 2.41. The van der Waals surface area contributed by atoms with Crippen LogP contribution in [0.25, 0.3) is 0 Å². The molecule has 21 heavy (non-hydrogen) atoms. The van der Waals surface area contributed by atoms with Crippen LogP contribution in [0.15, 0.2) is 0 Å². The molecule has 5 heteroatoms. The first-order valence-corrected chi connectivity index (χ1v) is 10.4. The molecule has 1 aliphatic rings. The summed E-state index contributed by atoms with van der Waals surface area (Å²) in [5.74, 6) is 1.03. The number of hydrogen-bond acceptors (Lipinski definition) is 3. The van der Waals surface area contributed by atoms with Gasteiger partial charge in [-0.05, 0) is 44.8 Å². The fourth-order valence-corrected chi connectivity index (χ4v) is 2.73. The van der Waals surface area contributed by atoms with Crippen molar-refractivity contribution >= 4 is 10.1 Å². The topological polar surface area (TPSA) is 57.6 Å². The molecule has 0 aromatic rings. The lowest BCUT2D eigenvalue weighted by Gasteiger charge is -2.31. The molecule has 1 N–H and O–H groups in total. The van der Waals surface area contributed by atoms with Gasteiger partial charge in [-0.2, -0.15) is 8.42 Å². The van der Waals surface area contributed by atoms with Gasteiger partial charge in [-0.1, -0.05) is 52.4 Å². The van der Waals surface area contributed by atoms with Gasteiger partial charge in [-0.3, -0.25) is 4.55 Å². The van der Waals surface area contributed by atoms with Crippen LogP contribution in [0.2, 0.25) is 0 Å². The second-order valence-corrected chi connectivity index (χ2v) is 7.66. The van der Waals surface area contributed by atoms with Crippen LogP contribution in [-0.2, 0) is 10.1 Å². The molecule has 0 bridgehead atoms. The number of likely N-dealkylation sites (tertiary alicyclic amines) is 1. The van der Waals surface area contributed by atoms with Crippen molar-refractivity contribution in [2.24, 2.45) is 5.92 Å². The molecule has 1 fully saturated rings. The van der Waals surface area contributed by atoms with Crippen LogP contribution >= 0.6 is 0 Å².